The van der Waals surface area contributed by atoms with Crippen LogP contribution in [0, 0.1) is 6.92 Å². The second-order valence-corrected chi connectivity index (χ2v) is 5.08. The third kappa shape index (κ3) is 1.94. The number of hydrogen-bond acceptors (Lipinski definition) is 2. The molecule has 0 spiro atoms. The summed E-state index contributed by atoms with van der Waals surface area (Å²) in [4.78, 5) is 4.68. The maximum absolute atomic E-state index is 4.68. The van der Waals surface area contributed by atoms with Crippen LogP contribution in [0.2, 0.25) is 0 Å². The molecule has 0 fully saturated rings. The van der Waals surface area contributed by atoms with E-state index in [-0.39, 0.29) is 12.8 Å². The minimum Gasteiger partial charge on any atom is -0.266 e. The summed E-state index contributed by atoms with van der Waals surface area (Å²) in [6, 6.07) is 2.16. The highest BCUT2D eigenvalue weighted by atomic mass is 15.3. The van der Waals surface area contributed by atoms with Crippen molar-refractivity contribution in [1.82, 2.24) is 14.8 Å². The lowest BCUT2D eigenvalue weighted by molar-refractivity contribution is 0.567. The van der Waals surface area contributed by atoms with Crippen molar-refractivity contribution >= 4 is 11.0 Å². The molecule has 2 aromatic heterocycles. The quantitative estimate of drug-likeness (QED) is 0.681. The van der Waals surface area contributed by atoms with Crippen molar-refractivity contribution in [1.29, 1.82) is 0 Å². The molecule has 0 amide bonds. The molecule has 88 valence electrons. The molecule has 3 nitrogen and oxygen atoms in total. The Morgan fingerprint density at radius 1 is 1.25 bits per heavy atom. The molecule has 0 aliphatic rings. The molecule has 2 aromatic rings. The average molecular weight is 219 g/mol. The molecular formula is C13H21N3. The Kier molecular flexibility index (Phi) is 3.08. The zero-order chi connectivity index (χ0) is 11.2. The Labute approximate surface area is 97.5 Å². The lowest BCUT2D eigenvalue weighted by Crippen LogP contribution is -2.15. The fourth-order valence-electron chi connectivity index (χ4n) is 1.93. The molecule has 16 heavy (non-hydrogen) atoms. The van der Waals surface area contributed by atoms with E-state index in [9.17, 15) is 0 Å². The van der Waals surface area contributed by atoms with Crippen LogP contribution in [0.1, 0.15) is 39.5 Å². The Bertz CT molecular complexity index is 504. The summed E-state index contributed by atoms with van der Waals surface area (Å²) in [5.74, 6) is 0. The molecule has 2 rings (SSSR count). The maximum Gasteiger partial charge on any atom is 0.109 e. The van der Waals surface area contributed by atoms with Gasteiger partial charge in [0, 0.05) is 18.2 Å². The van der Waals surface area contributed by atoms with Crippen molar-refractivity contribution in [2.24, 2.45) is 7.05 Å². The van der Waals surface area contributed by atoms with Gasteiger partial charge >= 0.3 is 0 Å². The average Bonchev–Trinajstić information content (AvgIpc) is 2.45. The van der Waals surface area contributed by atoms with Crippen LogP contribution in [0.15, 0.2) is 12.3 Å². The molecule has 0 bridgehead atoms. The van der Waals surface area contributed by atoms with Crippen LogP contribution >= 0.6 is 0 Å². The van der Waals surface area contributed by atoms with Crippen LogP contribution < -0.4 is 0 Å². The predicted molar refractivity (Wildman–Crippen MR) is 68.7 cm³/mol. The summed E-state index contributed by atoms with van der Waals surface area (Å²) < 4.78 is 1.86. The first kappa shape index (κ1) is 12.7. The Morgan fingerprint density at radius 3 is 2.44 bits per heavy atom. The van der Waals surface area contributed by atoms with E-state index >= 15 is 0 Å². The third-order valence-electron chi connectivity index (χ3n) is 2.63. The van der Waals surface area contributed by atoms with Crippen molar-refractivity contribution in [2.75, 3.05) is 0 Å². The Balaban J connectivity index is 0.00000128. The van der Waals surface area contributed by atoms with Crippen LogP contribution in [0.25, 0.3) is 11.0 Å². The van der Waals surface area contributed by atoms with Crippen LogP contribution in [0.4, 0.5) is 0 Å². The second-order valence-electron chi connectivity index (χ2n) is 5.08. The second kappa shape index (κ2) is 3.89. The number of hydrogen-bond donors (Lipinski definition) is 0. The fraction of sp³-hybridized carbons (Fsp3) is 0.538. The van der Waals surface area contributed by atoms with E-state index in [1.54, 1.807) is 0 Å². The van der Waals surface area contributed by atoms with Gasteiger partial charge in [-0.2, -0.15) is 5.10 Å². The molecular weight excluding hydrogens is 198 g/mol. The van der Waals surface area contributed by atoms with Crippen molar-refractivity contribution < 1.29 is 0 Å². The van der Waals surface area contributed by atoms with Crippen molar-refractivity contribution in [2.45, 2.75) is 40.5 Å². The zero-order valence-electron chi connectivity index (χ0n) is 10.00. The number of pyridine rings is 1. The summed E-state index contributed by atoms with van der Waals surface area (Å²) in [5.41, 5.74) is 4.56. The molecule has 2 heterocycles. The van der Waals surface area contributed by atoms with Gasteiger partial charge in [0.25, 0.3) is 0 Å². The van der Waals surface area contributed by atoms with Crippen LogP contribution in [0.3, 0.4) is 0 Å². The fourth-order valence-corrected chi connectivity index (χ4v) is 1.93. The molecule has 0 aliphatic carbocycles. The molecule has 0 saturated heterocycles. The molecule has 0 unspecified atom stereocenters. The molecule has 3 heteroatoms. The van der Waals surface area contributed by atoms with Crippen molar-refractivity contribution in [3.8, 4) is 0 Å². The predicted octanol–water partition coefficient (Wildman–Crippen LogP) is 3.21. The van der Waals surface area contributed by atoms with Gasteiger partial charge < -0.3 is 0 Å². The molecule has 0 aromatic carbocycles. The van der Waals surface area contributed by atoms with Crippen LogP contribution in [0.5, 0.6) is 0 Å². The van der Waals surface area contributed by atoms with E-state index in [1.165, 1.54) is 5.56 Å². The van der Waals surface area contributed by atoms with Gasteiger partial charge in [-0.25, -0.2) is 4.98 Å². The maximum atomic E-state index is 4.68. The van der Waals surface area contributed by atoms with Gasteiger partial charge in [-0.05, 0) is 18.6 Å². The highest BCUT2D eigenvalue weighted by Gasteiger charge is 2.19. The first-order valence-electron chi connectivity index (χ1n) is 5.19. The molecule has 0 N–H and O–H groups in total. The molecule has 0 saturated carbocycles. The van der Waals surface area contributed by atoms with E-state index in [1.807, 2.05) is 17.9 Å². The number of fused-ring (bicyclic) bond motifs is 1. The van der Waals surface area contributed by atoms with E-state index < -0.39 is 0 Å². The van der Waals surface area contributed by atoms with Crippen LogP contribution in [-0.4, -0.2) is 14.8 Å². The van der Waals surface area contributed by atoms with Crippen molar-refractivity contribution in [3.05, 3.63) is 23.5 Å². The third-order valence-corrected chi connectivity index (χ3v) is 2.63. The Hall–Kier alpha value is -1.38. The van der Waals surface area contributed by atoms with Gasteiger partial charge in [-0.15, -0.1) is 0 Å². The normalized spacial score (nSPS) is 11.6. The van der Waals surface area contributed by atoms with Gasteiger partial charge in [-0.1, -0.05) is 28.2 Å². The van der Waals surface area contributed by atoms with Gasteiger partial charge in [0.1, 0.15) is 5.52 Å². The lowest BCUT2D eigenvalue weighted by atomic mass is 9.88. The first-order valence-corrected chi connectivity index (χ1v) is 5.19. The zero-order valence-corrected chi connectivity index (χ0v) is 10.00. The highest BCUT2D eigenvalue weighted by Crippen LogP contribution is 2.26. The number of nitrogens with zero attached hydrogens (tertiary/aromatic N) is 3. The summed E-state index contributed by atoms with van der Waals surface area (Å²) >= 11 is 0. The Morgan fingerprint density at radius 2 is 1.88 bits per heavy atom. The number of aryl methyl sites for hydroxylation is 2. The summed E-state index contributed by atoms with van der Waals surface area (Å²) in [6.45, 7) is 8.67. The lowest BCUT2D eigenvalue weighted by Gasteiger charge is -2.20. The topological polar surface area (TPSA) is 30.7 Å². The number of rotatable bonds is 0. The van der Waals surface area contributed by atoms with E-state index in [0.717, 1.165) is 16.7 Å². The summed E-state index contributed by atoms with van der Waals surface area (Å²) in [6.07, 6.45) is 1.82. The van der Waals surface area contributed by atoms with E-state index in [0.29, 0.717) is 0 Å². The molecule has 0 radical (unpaired) electrons. The van der Waals surface area contributed by atoms with Crippen LogP contribution in [-0.2, 0) is 12.5 Å². The van der Waals surface area contributed by atoms with Gasteiger partial charge in [0.2, 0.25) is 0 Å². The largest absolute Gasteiger partial charge is 0.266 e. The van der Waals surface area contributed by atoms with E-state index in [4.69, 9.17) is 0 Å². The monoisotopic (exact) mass is 219 g/mol. The summed E-state index contributed by atoms with van der Waals surface area (Å²) in [5, 5.41) is 4.21. The highest BCUT2D eigenvalue weighted by molar-refractivity contribution is 5.75. The first-order chi connectivity index (χ1) is 6.89. The summed E-state index contributed by atoms with van der Waals surface area (Å²) in [7, 11) is 1.94. The minimum atomic E-state index is 0. The smallest absolute Gasteiger partial charge is 0.109 e. The van der Waals surface area contributed by atoms with Crippen molar-refractivity contribution in [3.63, 3.8) is 0 Å². The van der Waals surface area contributed by atoms with Gasteiger partial charge in [-0.3, -0.25) is 4.68 Å². The van der Waals surface area contributed by atoms with Gasteiger partial charge in [0.05, 0.1) is 11.7 Å². The standard InChI is InChI=1S/C12H17N3.CH4/c1-8-6-10-9(7-13-15(10)5)14-11(8)12(2,3)4;/h6-7H,1-5H3;1H4. The molecule has 0 aliphatic heterocycles. The van der Waals surface area contributed by atoms with E-state index in [2.05, 4.69) is 43.8 Å². The number of aromatic nitrogens is 3. The molecule has 0 atom stereocenters. The van der Waals surface area contributed by atoms with Gasteiger partial charge in [0.15, 0.2) is 0 Å². The SMILES string of the molecule is C.Cc1cc2c(cnn2C)nc1C(C)(C)C. The minimum absolute atomic E-state index is 0.